The molecule has 1 unspecified atom stereocenters. The second kappa shape index (κ2) is 9.97. The molecule has 1 N–H and O–H groups in total. The summed E-state index contributed by atoms with van der Waals surface area (Å²) in [6.07, 6.45) is 6.33. The Kier molecular flexibility index (Phi) is 9.59. The van der Waals surface area contributed by atoms with Crippen LogP contribution in [-0.4, -0.2) is 25.7 Å². The maximum absolute atomic E-state index is 10.8. The van der Waals surface area contributed by atoms with Gasteiger partial charge >= 0.3 is 5.97 Å². The van der Waals surface area contributed by atoms with E-state index in [-0.39, 0.29) is 5.97 Å². The van der Waals surface area contributed by atoms with E-state index in [0.29, 0.717) is 12.5 Å². The van der Waals surface area contributed by atoms with Crippen LogP contribution in [0.15, 0.2) is 0 Å². The lowest BCUT2D eigenvalue weighted by Crippen LogP contribution is -2.29. The minimum atomic E-state index is -0.113. The first kappa shape index (κ1) is 14.4. The molecule has 0 rings (SSSR count). The molecule has 90 valence electrons. The molecule has 0 radical (unpaired) electrons. The van der Waals surface area contributed by atoms with E-state index in [0.717, 1.165) is 19.4 Å². The van der Waals surface area contributed by atoms with Gasteiger partial charge in [0.05, 0.1) is 7.11 Å². The molecule has 3 nitrogen and oxygen atoms in total. The van der Waals surface area contributed by atoms with Crippen LogP contribution in [0.25, 0.3) is 0 Å². The van der Waals surface area contributed by atoms with Crippen molar-refractivity contribution in [1.29, 1.82) is 0 Å². The number of hydrogen-bond acceptors (Lipinski definition) is 3. The minimum absolute atomic E-state index is 0.113. The highest BCUT2D eigenvalue weighted by molar-refractivity contribution is 5.69. The molecule has 0 aliphatic heterocycles. The summed E-state index contributed by atoms with van der Waals surface area (Å²) in [7, 11) is 1.44. The van der Waals surface area contributed by atoms with Gasteiger partial charge < -0.3 is 10.1 Å². The largest absolute Gasteiger partial charge is 0.469 e. The number of methoxy groups -OCH3 is 1. The standard InChI is InChI=1S/C12H25NO2/c1-4-6-8-11(5-2)13-10-7-9-12(14)15-3/h11,13H,4-10H2,1-3H3. The third kappa shape index (κ3) is 8.43. The van der Waals surface area contributed by atoms with Gasteiger partial charge in [-0.05, 0) is 25.8 Å². The van der Waals surface area contributed by atoms with Crippen molar-refractivity contribution >= 4 is 5.97 Å². The molecule has 0 aliphatic rings. The molecule has 0 heterocycles. The van der Waals surface area contributed by atoms with E-state index in [9.17, 15) is 4.79 Å². The molecule has 0 fully saturated rings. The Morgan fingerprint density at radius 1 is 1.33 bits per heavy atom. The van der Waals surface area contributed by atoms with Crippen molar-refractivity contribution in [2.24, 2.45) is 0 Å². The lowest BCUT2D eigenvalue weighted by atomic mass is 10.1. The zero-order chi connectivity index (χ0) is 11.5. The van der Waals surface area contributed by atoms with E-state index in [1.807, 2.05) is 0 Å². The number of carbonyl (C=O) groups is 1. The summed E-state index contributed by atoms with van der Waals surface area (Å²) in [4.78, 5) is 10.8. The fourth-order valence-corrected chi connectivity index (χ4v) is 1.54. The van der Waals surface area contributed by atoms with Crippen LogP contribution in [0.1, 0.15) is 52.4 Å². The number of ether oxygens (including phenoxy) is 1. The van der Waals surface area contributed by atoms with Gasteiger partial charge in [-0.2, -0.15) is 0 Å². The Morgan fingerprint density at radius 3 is 2.60 bits per heavy atom. The third-order valence-electron chi connectivity index (χ3n) is 2.62. The summed E-state index contributed by atoms with van der Waals surface area (Å²) < 4.78 is 4.58. The fourth-order valence-electron chi connectivity index (χ4n) is 1.54. The van der Waals surface area contributed by atoms with Crippen molar-refractivity contribution < 1.29 is 9.53 Å². The van der Waals surface area contributed by atoms with Crippen LogP contribution in [0.3, 0.4) is 0 Å². The van der Waals surface area contributed by atoms with E-state index in [2.05, 4.69) is 23.9 Å². The normalized spacial score (nSPS) is 12.5. The highest BCUT2D eigenvalue weighted by Crippen LogP contribution is 2.04. The van der Waals surface area contributed by atoms with E-state index in [1.165, 1.54) is 26.4 Å². The van der Waals surface area contributed by atoms with Crippen LogP contribution in [0, 0.1) is 0 Å². The molecule has 1 atom stereocenters. The van der Waals surface area contributed by atoms with Crippen LogP contribution in [-0.2, 0) is 9.53 Å². The Bertz CT molecular complexity index is 160. The van der Waals surface area contributed by atoms with E-state index >= 15 is 0 Å². The summed E-state index contributed by atoms with van der Waals surface area (Å²) in [6.45, 7) is 5.33. The average molecular weight is 215 g/mol. The second-order valence-corrected chi connectivity index (χ2v) is 3.88. The molecular weight excluding hydrogens is 190 g/mol. The Balaban J connectivity index is 3.41. The van der Waals surface area contributed by atoms with Gasteiger partial charge in [0.15, 0.2) is 0 Å². The van der Waals surface area contributed by atoms with Crippen molar-refractivity contribution in [3.63, 3.8) is 0 Å². The van der Waals surface area contributed by atoms with Crippen LogP contribution in [0.5, 0.6) is 0 Å². The van der Waals surface area contributed by atoms with Gasteiger partial charge in [-0.1, -0.05) is 26.7 Å². The average Bonchev–Trinajstić information content (AvgIpc) is 2.27. The number of unbranched alkanes of at least 4 members (excludes halogenated alkanes) is 1. The Hall–Kier alpha value is -0.570. The summed E-state index contributed by atoms with van der Waals surface area (Å²) in [5.41, 5.74) is 0. The summed E-state index contributed by atoms with van der Waals surface area (Å²) in [5, 5.41) is 3.48. The molecule has 0 aromatic rings. The zero-order valence-corrected chi connectivity index (χ0v) is 10.3. The van der Waals surface area contributed by atoms with Crippen LogP contribution in [0.4, 0.5) is 0 Å². The molecule has 0 aromatic heterocycles. The molecule has 0 aliphatic carbocycles. The second-order valence-electron chi connectivity index (χ2n) is 3.88. The molecule has 0 aromatic carbocycles. The predicted octanol–water partition coefficient (Wildman–Crippen LogP) is 2.50. The summed E-state index contributed by atoms with van der Waals surface area (Å²) >= 11 is 0. The van der Waals surface area contributed by atoms with Crippen LogP contribution in [0.2, 0.25) is 0 Å². The molecule has 15 heavy (non-hydrogen) atoms. The monoisotopic (exact) mass is 215 g/mol. The number of nitrogens with one attached hydrogen (secondary N) is 1. The van der Waals surface area contributed by atoms with Crippen molar-refractivity contribution in [3.8, 4) is 0 Å². The smallest absolute Gasteiger partial charge is 0.305 e. The van der Waals surface area contributed by atoms with E-state index < -0.39 is 0 Å². The fraction of sp³-hybridized carbons (Fsp3) is 0.917. The Morgan fingerprint density at radius 2 is 2.07 bits per heavy atom. The predicted molar refractivity (Wildman–Crippen MR) is 62.9 cm³/mol. The lowest BCUT2D eigenvalue weighted by Gasteiger charge is -2.16. The van der Waals surface area contributed by atoms with E-state index in [4.69, 9.17) is 0 Å². The van der Waals surface area contributed by atoms with E-state index in [1.54, 1.807) is 0 Å². The minimum Gasteiger partial charge on any atom is -0.469 e. The maximum atomic E-state index is 10.8. The zero-order valence-electron chi connectivity index (χ0n) is 10.3. The first-order chi connectivity index (χ1) is 7.24. The molecule has 0 amide bonds. The highest BCUT2D eigenvalue weighted by Gasteiger charge is 2.05. The molecule has 3 heteroatoms. The Labute approximate surface area is 93.6 Å². The molecule has 0 spiro atoms. The SMILES string of the molecule is CCCCC(CC)NCCCC(=O)OC. The maximum Gasteiger partial charge on any atom is 0.305 e. The van der Waals surface area contributed by atoms with Gasteiger partial charge in [0.25, 0.3) is 0 Å². The van der Waals surface area contributed by atoms with Gasteiger partial charge in [0, 0.05) is 12.5 Å². The van der Waals surface area contributed by atoms with Crippen LogP contribution < -0.4 is 5.32 Å². The third-order valence-corrected chi connectivity index (χ3v) is 2.62. The number of hydrogen-bond donors (Lipinski definition) is 1. The quantitative estimate of drug-likeness (QED) is 0.474. The molecule has 0 bridgehead atoms. The number of rotatable bonds is 9. The topological polar surface area (TPSA) is 38.3 Å². The van der Waals surface area contributed by atoms with Gasteiger partial charge in [0.2, 0.25) is 0 Å². The first-order valence-corrected chi connectivity index (χ1v) is 6.04. The lowest BCUT2D eigenvalue weighted by molar-refractivity contribution is -0.140. The summed E-state index contributed by atoms with van der Waals surface area (Å²) in [6, 6.07) is 0.614. The van der Waals surface area contributed by atoms with Crippen molar-refractivity contribution in [2.45, 2.75) is 58.4 Å². The highest BCUT2D eigenvalue weighted by atomic mass is 16.5. The van der Waals surface area contributed by atoms with Gasteiger partial charge in [-0.15, -0.1) is 0 Å². The van der Waals surface area contributed by atoms with Crippen molar-refractivity contribution in [1.82, 2.24) is 5.32 Å². The van der Waals surface area contributed by atoms with Gasteiger partial charge in [-0.25, -0.2) is 0 Å². The van der Waals surface area contributed by atoms with Crippen molar-refractivity contribution in [3.05, 3.63) is 0 Å². The first-order valence-electron chi connectivity index (χ1n) is 6.04. The van der Waals surface area contributed by atoms with Crippen molar-refractivity contribution in [2.75, 3.05) is 13.7 Å². The molecular formula is C12H25NO2. The van der Waals surface area contributed by atoms with Crippen LogP contribution >= 0.6 is 0 Å². The summed E-state index contributed by atoms with van der Waals surface area (Å²) in [5.74, 6) is -0.113. The molecule has 0 saturated carbocycles. The van der Waals surface area contributed by atoms with Gasteiger partial charge in [0.1, 0.15) is 0 Å². The number of carbonyl (C=O) groups excluding carboxylic acids is 1. The van der Waals surface area contributed by atoms with Gasteiger partial charge in [-0.3, -0.25) is 4.79 Å². The molecule has 0 saturated heterocycles. The number of esters is 1.